The molecule has 1 N–H and O–H groups in total. The van der Waals surface area contributed by atoms with Crippen LogP contribution in [-0.4, -0.2) is 29.1 Å². The van der Waals surface area contributed by atoms with Crippen molar-refractivity contribution in [2.24, 2.45) is 34.0 Å². The summed E-state index contributed by atoms with van der Waals surface area (Å²) in [5, 5.41) is 11.3. The highest BCUT2D eigenvalue weighted by Gasteiger charge is 2.71. The van der Waals surface area contributed by atoms with E-state index >= 15 is 0 Å². The normalized spacial score (nSPS) is 49.3. The van der Waals surface area contributed by atoms with Gasteiger partial charge in [-0.05, 0) is 73.5 Å². The van der Waals surface area contributed by atoms with Gasteiger partial charge in [0.1, 0.15) is 6.61 Å². The van der Waals surface area contributed by atoms with Crippen molar-refractivity contribution in [3.05, 3.63) is 0 Å². The zero-order valence-corrected chi connectivity index (χ0v) is 16.8. The molecule has 0 radical (unpaired) electrons. The number of Topliss-reactive ketones (excluding diaryl/α,β-unsaturated/α-hetero) is 1. The second-order valence-corrected chi connectivity index (χ2v) is 10.7. The van der Waals surface area contributed by atoms with Crippen molar-refractivity contribution in [1.29, 1.82) is 0 Å². The lowest BCUT2D eigenvalue weighted by Gasteiger charge is -2.63. The molecule has 0 aromatic heterocycles. The number of fused-ring (bicyclic) bond motifs is 3. The summed E-state index contributed by atoms with van der Waals surface area (Å²) < 4.78 is 5.14. The van der Waals surface area contributed by atoms with Gasteiger partial charge in [0, 0.05) is 12.3 Å². The molecule has 1 spiro atoms. The Bertz CT molecular complexity index is 640. The molecule has 0 amide bonds. The Labute approximate surface area is 157 Å². The number of hydrogen-bond acceptors (Lipinski definition) is 4. The van der Waals surface area contributed by atoms with Crippen LogP contribution in [0.25, 0.3) is 0 Å². The van der Waals surface area contributed by atoms with Crippen molar-refractivity contribution in [1.82, 2.24) is 0 Å². The molecule has 0 aromatic rings. The third-order valence-electron chi connectivity index (χ3n) is 9.05. The van der Waals surface area contributed by atoms with Crippen LogP contribution in [-0.2, 0) is 14.3 Å². The number of ketones is 1. The molecule has 4 fully saturated rings. The summed E-state index contributed by atoms with van der Waals surface area (Å²) >= 11 is 0. The van der Waals surface area contributed by atoms with E-state index in [4.69, 9.17) is 4.74 Å². The van der Waals surface area contributed by atoms with E-state index in [1.807, 2.05) is 0 Å². The quantitative estimate of drug-likeness (QED) is 0.757. The zero-order chi connectivity index (χ0) is 19.0. The van der Waals surface area contributed by atoms with Crippen LogP contribution in [0.3, 0.4) is 0 Å². The van der Waals surface area contributed by atoms with Crippen molar-refractivity contribution in [2.45, 2.75) is 84.7 Å². The second-order valence-electron chi connectivity index (χ2n) is 10.7. The van der Waals surface area contributed by atoms with E-state index in [1.54, 1.807) is 0 Å². The highest BCUT2D eigenvalue weighted by Crippen LogP contribution is 2.71. The van der Waals surface area contributed by atoms with Crippen molar-refractivity contribution in [2.75, 3.05) is 6.61 Å². The van der Waals surface area contributed by atoms with Crippen LogP contribution in [0, 0.1) is 34.0 Å². The first-order valence-electron chi connectivity index (χ1n) is 10.5. The van der Waals surface area contributed by atoms with Crippen LogP contribution in [0.2, 0.25) is 0 Å². The van der Waals surface area contributed by atoms with E-state index in [1.165, 1.54) is 26.2 Å². The lowest BCUT2D eigenvalue weighted by molar-refractivity contribution is -0.169. The van der Waals surface area contributed by atoms with Gasteiger partial charge in [0.2, 0.25) is 0 Å². The van der Waals surface area contributed by atoms with Crippen LogP contribution < -0.4 is 0 Å². The highest BCUT2D eigenvalue weighted by atomic mass is 16.5. The fraction of sp³-hybridized carbons (Fsp3) is 0.909. The molecule has 0 heterocycles. The molecule has 2 bridgehead atoms. The summed E-state index contributed by atoms with van der Waals surface area (Å²) in [5.74, 6) is 0.532. The average molecular weight is 363 g/mol. The SMILES string of the molecule is CC(=O)OC[C@@]1(O)C(=O)[C@@]23CC[C@@H]4C(C)(C)CCC[C@@]4(C)[C@@H]2CC[C@@H]1C3. The lowest BCUT2D eigenvalue weighted by Crippen LogP contribution is -2.58. The number of hydrogen-bond donors (Lipinski definition) is 1. The van der Waals surface area contributed by atoms with E-state index in [0.717, 1.165) is 32.1 Å². The Kier molecular flexibility index (Phi) is 3.95. The van der Waals surface area contributed by atoms with Gasteiger partial charge in [0.05, 0.1) is 0 Å². The highest BCUT2D eigenvalue weighted by molar-refractivity contribution is 5.96. The van der Waals surface area contributed by atoms with Crippen LogP contribution in [0.1, 0.15) is 79.1 Å². The molecule has 0 saturated heterocycles. The van der Waals surface area contributed by atoms with Gasteiger partial charge in [0.15, 0.2) is 11.4 Å². The largest absolute Gasteiger partial charge is 0.462 e. The zero-order valence-electron chi connectivity index (χ0n) is 16.8. The van der Waals surface area contributed by atoms with E-state index in [0.29, 0.717) is 17.3 Å². The smallest absolute Gasteiger partial charge is 0.302 e. The molecule has 4 aliphatic carbocycles. The molecule has 4 rings (SSSR count). The topological polar surface area (TPSA) is 63.6 Å². The van der Waals surface area contributed by atoms with Crippen LogP contribution in [0.5, 0.6) is 0 Å². The Morgan fingerprint density at radius 1 is 1.12 bits per heavy atom. The molecule has 0 aliphatic heterocycles. The number of carbonyl (C=O) groups is 2. The van der Waals surface area contributed by atoms with Crippen LogP contribution in [0.15, 0.2) is 0 Å². The summed E-state index contributed by atoms with van der Waals surface area (Å²) in [6.45, 7) is 8.43. The first-order chi connectivity index (χ1) is 12.1. The van der Waals surface area contributed by atoms with Crippen LogP contribution >= 0.6 is 0 Å². The van der Waals surface area contributed by atoms with Gasteiger partial charge in [-0.15, -0.1) is 0 Å². The fourth-order valence-corrected chi connectivity index (χ4v) is 8.05. The van der Waals surface area contributed by atoms with Gasteiger partial charge in [-0.3, -0.25) is 9.59 Å². The minimum Gasteiger partial charge on any atom is -0.462 e. The number of rotatable bonds is 2. The van der Waals surface area contributed by atoms with E-state index < -0.39 is 17.0 Å². The third-order valence-corrected chi connectivity index (χ3v) is 9.05. The molecule has 4 nitrogen and oxygen atoms in total. The molecule has 4 heteroatoms. The first kappa shape index (κ1) is 18.5. The molecule has 0 aromatic carbocycles. The minimum atomic E-state index is -1.46. The molecule has 6 atom stereocenters. The van der Waals surface area contributed by atoms with Crippen molar-refractivity contribution >= 4 is 11.8 Å². The van der Waals surface area contributed by atoms with E-state index in [-0.39, 0.29) is 23.7 Å². The van der Waals surface area contributed by atoms with Gasteiger partial charge in [-0.1, -0.05) is 27.2 Å². The Hall–Kier alpha value is -0.900. The first-order valence-corrected chi connectivity index (χ1v) is 10.5. The molecule has 4 saturated carbocycles. The Morgan fingerprint density at radius 2 is 1.85 bits per heavy atom. The summed E-state index contributed by atoms with van der Waals surface area (Å²) in [5.41, 5.74) is -1.33. The maximum absolute atomic E-state index is 13.6. The van der Waals surface area contributed by atoms with E-state index in [2.05, 4.69) is 20.8 Å². The second kappa shape index (κ2) is 5.56. The molecular formula is C22H34O4. The van der Waals surface area contributed by atoms with Crippen molar-refractivity contribution in [3.8, 4) is 0 Å². The molecule has 0 unspecified atom stereocenters. The number of esters is 1. The van der Waals surface area contributed by atoms with Gasteiger partial charge < -0.3 is 9.84 Å². The number of ether oxygens (including phenoxy) is 1. The maximum atomic E-state index is 13.6. The van der Waals surface area contributed by atoms with Gasteiger partial charge in [0.25, 0.3) is 0 Å². The van der Waals surface area contributed by atoms with Crippen LogP contribution in [0.4, 0.5) is 0 Å². The molecular weight excluding hydrogens is 328 g/mol. The Balaban J connectivity index is 1.70. The average Bonchev–Trinajstić information content (AvgIpc) is 2.71. The number of aliphatic hydroxyl groups is 1. The predicted octanol–water partition coefficient (Wildman–Crippen LogP) is 3.89. The third kappa shape index (κ3) is 2.23. The standard InChI is InChI=1S/C22H34O4/c1-14(23)26-13-22(25)15-6-7-17-20(4)10-5-9-19(2,3)16(20)8-11-21(17,12-15)18(22)24/h15-17,25H,5-13H2,1-4H3/t15-,16-,17+,20-,21-,22+/m1/s1. The molecule has 146 valence electrons. The lowest BCUT2D eigenvalue weighted by atomic mass is 9.41. The maximum Gasteiger partial charge on any atom is 0.302 e. The summed E-state index contributed by atoms with van der Waals surface area (Å²) in [6.07, 6.45) is 8.40. The van der Waals surface area contributed by atoms with Gasteiger partial charge in [-0.25, -0.2) is 0 Å². The van der Waals surface area contributed by atoms with E-state index in [9.17, 15) is 14.7 Å². The monoisotopic (exact) mass is 362 g/mol. The fourth-order valence-electron chi connectivity index (χ4n) is 8.05. The number of carbonyl (C=O) groups excluding carboxylic acids is 2. The van der Waals surface area contributed by atoms with Gasteiger partial charge in [-0.2, -0.15) is 0 Å². The molecule has 4 aliphatic rings. The summed E-state index contributed by atoms with van der Waals surface area (Å²) in [4.78, 5) is 24.9. The predicted molar refractivity (Wildman–Crippen MR) is 98.3 cm³/mol. The minimum absolute atomic E-state index is 0.0122. The Morgan fingerprint density at radius 3 is 2.54 bits per heavy atom. The van der Waals surface area contributed by atoms with Crippen molar-refractivity contribution in [3.63, 3.8) is 0 Å². The summed E-state index contributed by atoms with van der Waals surface area (Å²) in [6, 6.07) is 0. The van der Waals surface area contributed by atoms with Crippen molar-refractivity contribution < 1.29 is 19.4 Å². The molecule has 26 heavy (non-hydrogen) atoms. The summed E-state index contributed by atoms with van der Waals surface area (Å²) in [7, 11) is 0. The van der Waals surface area contributed by atoms with Gasteiger partial charge >= 0.3 is 5.97 Å².